The number of benzene rings is 2. The van der Waals surface area contributed by atoms with Crippen LogP contribution in [0.1, 0.15) is 48.9 Å². The standard InChI is InChI=1S/C30H33N5O5/c1-2-40-29(38)17-25(23-10-6-14-31-20-23)34-27(36)18-28(37)35-15-7-11-22-12-13-24(16-26(22)35)33-30(39)32-19-21-8-4-3-5-9-21/h3-6,8-10,12-14,16,20,25H,2,7,11,15,17-19H2,1H3,(H,34,36)(H2,32,33,39). The lowest BCUT2D eigenvalue weighted by atomic mass is 10.0. The molecule has 0 aliphatic carbocycles. The molecule has 4 amide bonds. The highest BCUT2D eigenvalue weighted by molar-refractivity contribution is 6.06. The molecule has 2 aromatic carbocycles. The number of amides is 4. The van der Waals surface area contributed by atoms with Crippen LogP contribution in [0.15, 0.2) is 73.1 Å². The second kappa shape index (κ2) is 13.9. The van der Waals surface area contributed by atoms with Gasteiger partial charge in [0.15, 0.2) is 0 Å². The summed E-state index contributed by atoms with van der Waals surface area (Å²) >= 11 is 0. The van der Waals surface area contributed by atoms with E-state index in [1.54, 1.807) is 48.5 Å². The summed E-state index contributed by atoms with van der Waals surface area (Å²) in [6.45, 7) is 2.78. The minimum Gasteiger partial charge on any atom is -0.466 e. The molecule has 3 N–H and O–H groups in total. The first kappa shape index (κ1) is 28.3. The number of rotatable bonds is 10. The fourth-order valence-electron chi connectivity index (χ4n) is 4.56. The van der Waals surface area contributed by atoms with E-state index in [9.17, 15) is 19.2 Å². The van der Waals surface area contributed by atoms with Gasteiger partial charge >= 0.3 is 12.0 Å². The first-order valence-corrected chi connectivity index (χ1v) is 13.3. The molecule has 0 spiro atoms. The summed E-state index contributed by atoms with van der Waals surface area (Å²) in [5, 5.41) is 8.43. The number of nitrogens with one attached hydrogen (secondary N) is 3. The number of aromatic nitrogens is 1. The van der Waals surface area contributed by atoms with Crippen molar-refractivity contribution in [3.63, 3.8) is 0 Å². The van der Waals surface area contributed by atoms with Gasteiger partial charge in [0.2, 0.25) is 11.8 Å². The lowest BCUT2D eigenvalue weighted by Crippen LogP contribution is -2.40. The van der Waals surface area contributed by atoms with Gasteiger partial charge < -0.3 is 25.6 Å². The summed E-state index contributed by atoms with van der Waals surface area (Å²) in [4.78, 5) is 56.4. The van der Waals surface area contributed by atoms with Crippen LogP contribution >= 0.6 is 0 Å². The number of urea groups is 1. The van der Waals surface area contributed by atoms with Crippen molar-refractivity contribution in [2.75, 3.05) is 23.4 Å². The SMILES string of the molecule is CCOC(=O)CC(NC(=O)CC(=O)N1CCCc2ccc(NC(=O)NCc3ccccc3)cc21)c1cccnc1. The molecule has 0 saturated heterocycles. The summed E-state index contributed by atoms with van der Waals surface area (Å²) in [5.41, 5.74) is 3.79. The smallest absolute Gasteiger partial charge is 0.319 e. The number of fused-ring (bicyclic) bond motifs is 1. The molecule has 1 aliphatic heterocycles. The predicted molar refractivity (Wildman–Crippen MR) is 150 cm³/mol. The van der Waals surface area contributed by atoms with Crippen molar-refractivity contribution in [2.24, 2.45) is 0 Å². The van der Waals surface area contributed by atoms with Crippen LogP contribution in [0.25, 0.3) is 0 Å². The highest BCUT2D eigenvalue weighted by atomic mass is 16.5. The van der Waals surface area contributed by atoms with Gasteiger partial charge in [-0.3, -0.25) is 19.4 Å². The Morgan fingerprint density at radius 2 is 1.88 bits per heavy atom. The lowest BCUT2D eigenvalue weighted by Gasteiger charge is -2.30. The number of pyridine rings is 1. The quantitative estimate of drug-likeness (QED) is 0.263. The zero-order chi connectivity index (χ0) is 28.3. The Hall–Kier alpha value is -4.73. The molecule has 208 valence electrons. The molecule has 1 aromatic heterocycles. The molecule has 2 heterocycles. The third kappa shape index (κ3) is 7.89. The molecule has 40 heavy (non-hydrogen) atoms. The topological polar surface area (TPSA) is 130 Å². The largest absolute Gasteiger partial charge is 0.466 e. The van der Waals surface area contributed by atoms with Crippen LogP contribution in [0.4, 0.5) is 16.2 Å². The summed E-state index contributed by atoms with van der Waals surface area (Å²) < 4.78 is 5.05. The molecule has 1 unspecified atom stereocenters. The summed E-state index contributed by atoms with van der Waals surface area (Å²) in [5.74, 6) is -1.34. The molecule has 0 radical (unpaired) electrons. The second-order valence-corrected chi connectivity index (χ2v) is 9.38. The summed E-state index contributed by atoms with van der Waals surface area (Å²) in [6.07, 6.45) is 4.24. The Bertz CT molecular complexity index is 1330. The Balaban J connectivity index is 1.39. The van der Waals surface area contributed by atoms with E-state index in [0.717, 1.165) is 24.0 Å². The van der Waals surface area contributed by atoms with Crippen LogP contribution in [0.2, 0.25) is 0 Å². The molecule has 0 bridgehead atoms. The Morgan fingerprint density at radius 1 is 1.05 bits per heavy atom. The molecular weight excluding hydrogens is 510 g/mol. The van der Waals surface area contributed by atoms with E-state index in [4.69, 9.17) is 4.74 Å². The van der Waals surface area contributed by atoms with Crippen LogP contribution in [0.5, 0.6) is 0 Å². The van der Waals surface area contributed by atoms with Crippen molar-refractivity contribution in [1.82, 2.24) is 15.6 Å². The van der Waals surface area contributed by atoms with Gasteiger partial charge in [0.05, 0.1) is 19.1 Å². The first-order chi connectivity index (χ1) is 19.4. The first-order valence-electron chi connectivity index (χ1n) is 13.3. The maximum absolute atomic E-state index is 13.3. The number of esters is 1. The monoisotopic (exact) mass is 543 g/mol. The number of carbonyl (C=O) groups is 4. The second-order valence-electron chi connectivity index (χ2n) is 9.38. The van der Waals surface area contributed by atoms with Crippen LogP contribution in [-0.2, 0) is 32.1 Å². The van der Waals surface area contributed by atoms with Crippen molar-refractivity contribution in [1.29, 1.82) is 0 Å². The minimum absolute atomic E-state index is 0.0760. The molecule has 1 atom stereocenters. The number of carbonyl (C=O) groups excluding carboxylic acids is 4. The lowest BCUT2D eigenvalue weighted by molar-refractivity contribution is -0.143. The van der Waals surface area contributed by atoms with Gasteiger partial charge in [0, 0.05) is 36.9 Å². The van der Waals surface area contributed by atoms with Crippen molar-refractivity contribution < 1.29 is 23.9 Å². The maximum Gasteiger partial charge on any atom is 0.319 e. The average molecular weight is 544 g/mol. The molecule has 4 rings (SSSR count). The third-order valence-electron chi connectivity index (χ3n) is 6.47. The number of hydrogen-bond acceptors (Lipinski definition) is 6. The van der Waals surface area contributed by atoms with Crippen LogP contribution in [0.3, 0.4) is 0 Å². The fourth-order valence-corrected chi connectivity index (χ4v) is 4.56. The average Bonchev–Trinajstić information content (AvgIpc) is 2.96. The van der Waals surface area contributed by atoms with Gasteiger partial charge in [-0.05, 0) is 54.7 Å². The van der Waals surface area contributed by atoms with Crippen molar-refractivity contribution in [3.8, 4) is 0 Å². The predicted octanol–water partition coefficient (Wildman–Crippen LogP) is 3.88. The van der Waals surface area contributed by atoms with Gasteiger partial charge in [-0.25, -0.2) is 4.79 Å². The maximum atomic E-state index is 13.3. The Labute approximate surface area is 233 Å². The van der Waals surface area contributed by atoms with Gasteiger partial charge in [-0.1, -0.05) is 42.5 Å². The van der Waals surface area contributed by atoms with Crippen molar-refractivity contribution >= 4 is 35.2 Å². The number of nitrogens with zero attached hydrogens (tertiary/aromatic N) is 2. The van der Waals surface area contributed by atoms with E-state index >= 15 is 0 Å². The van der Waals surface area contributed by atoms with Crippen LogP contribution in [0, 0.1) is 0 Å². The molecule has 0 saturated carbocycles. The zero-order valence-corrected chi connectivity index (χ0v) is 22.4. The van der Waals surface area contributed by atoms with Gasteiger partial charge in [0.25, 0.3) is 0 Å². The number of ether oxygens (including phenoxy) is 1. The number of anilines is 2. The highest BCUT2D eigenvalue weighted by Crippen LogP contribution is 2.30. The number of hydrogen-bond donors (Lipinski definition) is 3. The molecule has 1 aliphatic rings. The van der Waals surface area contributed by atoms with Crippen molar-refractivity contribution in [2.45, 2.75) is 45.2 Å². The van der Waals surface area contributed by atoms with Crippen LogP contribution in [-0.4, -0.2) is 42.0 Å². The van der Waals surface area contributed by atoms with E-state index in [1.807, 2.05) is 36.4 Å². The van der Waals surface area contributed by atoms with E-state index in [2.05, 4.69) is 20.9 Å². The van der Waals surface area contributed by atoms with E-state index in [-0.39, 0.29) is 25.0 Å². The van der Waals surface area contributed by atoms with E-state index in [0.29, 0.717) is 30.0 Å². The zero-order valence-electron chi connectivity index (χ0n) is 22.4. The molecule has 0 fully saturated rings. The Morgan fingerprint density at radius 3 is 2.62 bits per heavy atom. The van der Waals surface area contributed by atoms with Crippen molar-refractivity contribution in [3.05, 3.63) is 89.7 Å². The number of aryl methyl sites for hydroxylation is 1. The van der Waals surface area contributed by atoms with Gasteiger partial charge in [0.1, 0.15) is 6.42 Å². The van der Waals surface area contributed by atoms with Gasteiger partial charge in [-0.15, -0.1) is 0 Å². The molecule has 3 aromatic rings. The minimum atomic E-state index is -0.674. The van der Waals surface area contributed by atoms with E-state index in [1.165, 1.54) is 0 Å². The summed E-state index contributed by atoms with van der Waals surface area (Å²) in [7, 11) is 0. The summed E-state index contributed by atoms with van der Waals surface area (Å²) in [6, 6.07) is 17.5. The third-order valence-corrected chi connectivity index (χ3v) is 6.47. The van der Waals surface area contributed by atoms with E-state index < -0.39 is 24.3 Å². The Kier molecular flexibility index (Phi) is 9.82. The highest BCUT2D eigenvalue weighted by Gasteiger charge is 2.27. The molecule has 10 nitrogen and oxygen atoms in total. The van der Waals surface area contributed by atoms with Gasteiger partial charge in [-0.2, -0.15) is 0 Å². The normalized spacial score (nSPS) is 13.0. The fraction of sp³-hybridized carbons (Fsp3) is 0.300. The van der Waals surface area contributed by atoms with Crippen LogP contribution < -0.4 is 20.9 Å². The molecular formula is C30H33N5O5. The molecule has 10 heteroatoms.